The van der Waals surface area contributed by atoms with Crippen LogP contribution in [0.25, 0.3) is 0 Å². The fraction of sp³-hybridized carbons (Fsp3) is 0.100. The van der Waals surface area contributed by atoms with E-state index in [4.69, 9.17) is 4.84 Å². The fourth-order valence-electron chi connectivity index (χ4n) is 2.76. The Morgan fingerprint density at radius 2 is 1.96 bits per heavy atom. The molecule has 0 N–H and O–H groups in total. The van der Waals surface area contributed by atoms with Gasteiger partial charge in [0.1, 0.15) is 10.6 Å². The Kier molecular flexibility index (Phi) is 4.42. The van der Waals surface area contributed by atoms with Crippen LogP contribution in [-0.2, 0) is 10.6 Å². The highest BCUT2D eigenvalue weighted by Crippen LogP contribution is 2.34. The number of nitrogens with zero attached hydrogens (tertiary/aromatic N) is 1. The fourth-order valence-corrected chi connectivity index (χ4v) is 4.39. The summed E-state index contributed by atoms with van der Waals surface area (Å²) in [4.78, 5) is 19.2. The average molecular weight is 365 g/mol. The summed E-state index contributed by atoms with van der Waals surface area (Å²) in [6, 6.07) is 18.0. The van der Waals surface area contributed by atoms with Gasteiger partial charge in [0, 0.05) is 21.8 Å². The molecule has 0 fully saturated rings. The molecule has 25 heavy (non-hydrogen) atoms. The summed E-state index contributed by atoms with van der Waals surface area (Å²) in [6.07, 6.45) is 0. The van der Waals surface area contributed by atoms with Crippen LogP contribution in [0, 0.1) is 6.92 Å². The van der Waals surface area contributed by atoms with Gasteiger partial charge in [-0.05, 0) is 36.1 Å². The zero-order valence-electron chi connectivity index (χ0n) is 13.6. The lowest BCUT2D eigenvalue weighted by molar-refractivity contribution is 0.0522. The molecule has 5 heteroatoms. The number of thioether (sulfide) groups is 1. The molecule has 1 aromatic heterocycles. The van der Waals surface area contributed by atoms with Gasteiger partial charge in [-0.25, -0.2) is 4.79 Å². The van der Waals surface area contributed by atoms with E-state index in [1.54, 1.807) is 17.8 Å². The molecule has 4 rings (SSSR count). The van der Waals surface area contributed by atoms with Gasteiger partial charge in [-0.3, -0.25) is 0 Å². The molecule has 2 aromatic carbocycles. The lowest BCUT2D eigenvalue weighted by atomic mass is 9.97. The van der Waals surface area contributed by atoms with Gasteiger partial charge in [-0.2, -0.15) is 0 Å². The Hall–Kier alpha value is -2.37. The Morgan fingerprint density at radius 1 is 1.08 bits per heavy atom. The molecule has 3 nitrogen and oxygen atoms in total. The van der Waals surface area contributed by atoms with Gasteiger partial charge < -0.3 is 4.84 Å². The number of benzene rings is 2. The molecule has 0 spiro atoms. The summed E-state index contributed by atoms with van der Waals surface area (Å²) in [7, 11) is 0. The molecule has 3 aromatic rings. The van der Waals surface area contributed by atoms with E-state index in [1.165, 1.54) is 16.9 Å². The zero-order valence-corrected chi connectivity index (χ0v) is 15.2. The van der Waals surface area contributed by atoms with Crippen molar-refractivity contribution in [1.29, 1.82) is 0 Å². The standard InChI is InChI=1S/C20H15NO2S2/c1-13-8-9-17-16(11-13)19(15-6-3-2-5-14(15)12-25-17)21-23-20(22)18-7-4-10-24-18/h2-11H,12H2,1H3/b21-19+. The van der Waals surface area contributed by atoms with E-state index in [9.17, 15) is 4.79 Å². The second-order valence-corrected chi connectivity index (χ2v) is 7.71. The SMILES string of the molecule is Cc1ccc2c(c1)/C(=N/OC(=O)c1cccs1)c1ccccc1CS2. The third kappa shape index (κ3) is 3.25. The Labute approximate surface area is 154 Å². The average Bonchev–Trinajstić information content (AvgIpc) is 3.12. The molecule has 124 valence electrons. The van der Waals surface area contributed by atoms with Crippen molar-refractivity contribution in [2.45, 2.75) is 17.6 Å². The second-order valence-electron chi connectivity index (χ2n) is 5.74. The minimum Gasteiger partial charge on any atom is -0.311 e. The summed E-state index contributed by atoms with van der Waals surface area (Å²) in [5, 5.41) is 6.13. The number of carbonyl (C=O) groups excluding carboxylic acids is 1. The number of rotatable bonds is 2. The number of hydrogen-bond donors (Lipinski definition) is 0. The molecular weight excluding hydrogens is 350 g/mol. The van der Waals surface area contributed by atoms with Crippen molar-refractivity contribution in [3.63, 3.8) is 0 Å². The zero-order chi connectivity index (χ0) is 17.2. The van der Waals surface area contributed by atoms with Crippen molar-refractivity contribution < 1.29 is 9.63 Å². The molecule has 2 heterocycles. The molecule has 0 unspecified atom stereocenters. The Balaban J connectivity index is 1.80. The maximum Gasteiger partial charge on any atom is 0.375 e. The van der Waals surface area contributed by atoms with Gasteiger partial charge in [-0.15, -0.1) is 23.1 Å². The Bertz CT molecular complexity index is 962. The van der Waals surface area contributed by atoms with Crippen molar-refractivity contribution >= 4 is 34.8 Å². The molecule has 0 aliphatic carbocycles. The number of hydrogen-bond acceptors (Lipinski definition) is 5. The summed E-state index contributed by atoms with van der Waals surface area (Å²) < 4.78 is 0. The topological polar surface area (TPSA) is 38.7 Å². The predicted molar refractivity (Wildman–Crippen MR) is 103 cm³/mol. The minimum atomic E-state index is -0.425. The van der Waals surface area contributed by atoms with E-state index in [2.05, 4.69) is 36.3 Å². The van der Waals surface area contributed by atoms with Crippen molar-refractivity contribution in [2.75, 3.05) is 0 Å². The maximum atomic E-state index is 12.2. The molecule has 1 aliphatic rings. The smallest absolute Gasteiger partial charge is 0.311 e. The highest BCUT2D eigenvalue weighted by atomic mass is 32.2. The highest BCUT2D eigenvalue weighted by Gasteiger charge is 2.21. The number of aryl methyl sites for hydroxylation is 1. The van der Waals surface area contributed by atoms with Gasteiger partial charge in [0.2, 0.25) is 0 Å². The van der Waals surface area contributed by atoms with E-state index in [0.717, 1.165) is 27.3 Å². The largest absolute Gasteiger partial charge is 0.375 e. The summed E-state index contributed by atoms with van der Waals surface area (Å²) in [5.41, 5.74) is 5.07. The monoisotopic (exact) mass is 365 g/mol. The minimum absolute atomic E-state index is 0.425. The van der Waals surface area contributed by atoms with Gasteiger partial charge >= 0.3 is 5.97 Å². The van der Waals surface area contributed by atoms with Gasteiger partial charge in [0.25, 0.3) is 0 Å². The maximum absolute atomic E-state index is 12.2. The van der Waals surface area contributed by atoms with Crippen molar-refractivity contribution in [3.05, 3.63) is 87.1 Å². The van der Waals surface area contributed by atoms with Crippen molar-refractivity contribution in [3.8, 4) is 0 Å². The van der Waals surface area contributed by atoms with Crippen LogP contribution in [0.3, 0.4) is 0 Å². The van der Waals surface area contributed by atoms with E-state index in [-0.39, 0.29) is 0 Å². The van der Waals surface area contributed by atoms with E-state index in [1.807, 2.05) is 29.6 Å². The summed E-state index contributed by atoms with van der Waals surface area (Å²) >= 11 is 3.12. The van der Waals surface area contributed by atoms with Crippen LogP contribution < -0.4 is 0 Å². The first-order chi connectivity index (χ1) is 12.2. The van der Waals surface area contributed by atoms with E-state index >= 15 is 0 Å². The molecule has 0 amide bonds. The summed E-state index contributed by atoms with van der Waals surface area (Å²) in [5.74, 6) is 0.440. The van der Waals surface area contributed by atoms with E-state index < -0.39 is 5.97 Å². The molecular formula is C20H15NO2S2. The number of oxime groups is 1. The molecule has 0 bridgehead atoms. The molecule has 0 radical (unpaired) electrons. The third-order valence-electron chi connectivity index (χ3n) is 3.99. The van der Waals surface area contributed by atoms with Gasteiger partial charge in [0.05, 0.1) is 0 Å². The van der Waals surface area contributed by atoms with Crippen LogP contribution >= 0.6 is 23.1 Å². The highest BCUT2D eigenvalue weighted by molar-refractivity contribution is 7.98. The molecule has 0 saturated heterocycles. The van der Waals surface area contributed by atoms with Crippen LogP contribution in [0.15, 0.2) is 70.0 Å². The number of thiophene rings is 1. The van der Waals surface area contributed by atoms with Crippen LogP contribution in [0.5, 0.6) is 0 Å². The lowest BCUT2D eigenvalue weighted by Gasteiger charge is -2.10. The van der Waals surface area contributed by atoms with Crippen LogP contribution in [-0.4, -0.2) is 11.7 Å². The Morgan fingerprint density at radius 3 is 2.80 bits per heavy atom. The van der Waals surface area contributed by atoms with Crippen LogP contribution in [0.4, 0.5) is 0 Å². The van der Waals surface area contributed by atoms with Crippen LogP contribution in [0.1, 0.15) is 31.9 Å². The first-order valence-corrected chi connectivity index (χ1v) is 9.74. The second kappa shape index (κ2) is 6.86. The van der Waals surface area contributed by atoms with Crippen LogP contribution in [0.2, 0.25) is 0 Å². The third-order valence-corrected chi connectivity index (χ3v) is 5.96. The number of carbonyl (C=O) groups is 1. The quantitative estimate of drug-likeness (QED) is 0.459. The van der Waals surface area contributed by atoms with Crippen molar-refractivity contribution in [2.24, 2.45) is 5.16 Å². The lowest BCUT2D eigenvalue weighted by Crippen LogP contribution is -2.09. The predicted octanol–water partition coefficient (Wildman–Crippen LogP) is 5.27. The van der Waals surface area contributed by atoms with E-state index in [0.29, 0.717) is 10.6 Å². The van der Waals surface area contributed by atoms with Gasteiger partial charge in [-0.1, -0.05) is 47.1 Å². The number of fused-ring (bicyclic) bond motifs is 2. The molecule has 0 atom stereocenters. The first kappa shape index (κ1) is 16.1. The van der Waals surface area contributed by atoms with Crippen molar-refractivity contribution in [1.82, 2.24) is 0 Å². The first-order valence-electron chi connectivity index (χ1n) is 7.87. The molecule has 1 aliphatic heterocycles. The summed E-state index contributed by atoms with van der Waals surface area (Å²) in [6.45, 7) is 2.05. The van der Waals surface area contributed by atoms with Gasteiger partial charge in [0.15, 0.2) is 0 Å². The normalized spacial score (nSPS) is 14.5. The molecule has 0 saturated carbocycles.